The standard InChI is InChI=1S/C24H22N6O8/c1-30-17-7-11(21(32)29-16(24(37)38)8-12(22(33)34)23(35)36)3-5-14(17)28-19(30)9-18-26-13-4-2-10(20(25)31)6-15(13)27-18/h2-7,12,16H,8-9H2,1H3,(H2,25,31)(H,26,27)(H,29,32)(H,33,34)(H,35,36)(H,37,38)/t16-/m0/s1. The molecule has 7 N–H and O–H groups in total. The van der Waals surface area contributed by atoms with Gasteiger partial charge in [-0.05, 0) is 36.4 Å². The van der Waals surface area contributed by atoms with Crippen LogP contribution in [0, 0.1) is 5.92 Å². The molecule has 0 fully saturated rings. The van der Waals surface area contributed by atoms with Crippen LogP contribution in [0.4, 0.5) is 0 Å². The molecule has 0 saturated carbocycles. The van der Waals surface area contributed by atoms with Crippen molar-refractivity contribution in [1.29, 1.82) is 0 Å². The molecule has 2 aromatic heterocycles. The summed E-state index contributed by atoms with van der Waals surface area (Å²) in [5, 5.41) is 29.7. The van der Waals surface area contributed by atoms with E-state index in [-0.39, 0.29) is 5.56 Å². The van der Waals surface area contributed by atoms with Crippen LogP contribution in [-0.4, -0.2) is 70.6 Å². The Kier molecular flexibility index (Phi) is 6.79. The van der Waals surface area contributed by atoms with Gasteiger partial charge in [-0.2, -0.15) is 0 Å². The molecule has 196 valence electrons. The van der Waals surface area contributed by atoms with Crippen LogP contribution in [0.15, 0.2) is 36.4 Å². The molecular formula is C24H22N6O8. The molecule has 0 aliphatic rings. The van der Waals surface area contributed by atoms with Crippen LogP contribution in [0.2, 0.25) is 0 Å². The zero-order valence-electron chi connectivity index (χ0n) is 19.8. The van der Waals surface area contributed by atoms with Crippen molar-refractivity contribution in [1.82, 2.24) is 24.8 Å². The van der Waals surface area contributed by atoms with Crippen molar-refractivity contribution in [3.05, 3.63) is 59.2 Å². The van der Waals surface area contributed by atoms with Gasteiger partial charge < -0.3 is 35.9 Å². The molecule has 2 aromatic carbocycles. The number of aliphatic carboxylic acids is 3. The van der Waals surface area contributed by atoms with E-state index in [9.17, 15) is 29.1 Å². The highest BCUT2D eigenvalue weighted by Gasteiger charge is 2.33. The minimum absolute atomic E-state index is 0.0724. The molecule has 0 aliphatic carbocycles. The fourth-order valence-corrected chi connectivity index (χ4v) is 3.99. The molecule has 2 amide bonds. The lowest BCUT2D eigenvalue weighted by atomic mass is 9.99. The zero-order chi connectivity index (χ0) is 27.7. The number of amides is 2. The minimum Gasteiger partial charge on any atom is -0.481 e. The van der Waals surface area contributed by atoms with Gasteiger partial charge in [-0.3, -0.25) is 19.2 Å². The molecule has 0 bridgehead atoms. The summed E-state index contributed by atoms with van der Waals surface area (Å²) in [6.07, 6.45) is -0.539. The van der Waals surface area contributed by atoms with Crippen molar-refractivity contribution < 1.29 is 39.3 Å². The van der Waals surface area contributed by atoms with E-state index in [1.807, 2.05) is 0 Å². The van der Waals surface area contributed by atoms with Crippen LogP contribution in [0.25, 0.3) is 22.1 Å². The van der Waals surface area contributed by atoms with Gasteiger partial charge in [0.1, 0.15) is 17.7 Å². The van der Waals surface area contributed by atoms with Gasteiger partial charge in [0.25, 0.3) is 5.91 Å². The van der Waals surface area contributed by atoms with Gasteiger partial charge >= 0.3 is 17.9 Å². The second-order valence-electron chi connectivity index (χ2n) is 8.58. The summed E-state index contributed by atoms with van der Waals surface area (Å²) in [6, 6.07) is 7.60. The first-order valence-corrected chi connectivity index (χ1v) is 11.2. The summed E-state index contributed by atoms with van der Waals surface area (Å²) in [6.45, 7) is 0. The summed E-state index contributed by atoms with van der Waals surface area (Å²) < 4.78 is 1.73. The Balaban J connectivity index is 1.56. The summed E-state index contributed by atoms with van der Waals surface area (Å²) in [5.41, 5.74) is 8.13. The number of aryl methyl sites for hydroxylation is 1. The van der Waals surface area contributed by atoms with E-state index in [0.717, 1.165) is 0 Å². The molecule has 1 atom stereocenters. The van der Waals surface area contributed by atoms with E-state index < -0.39 is 48.1 Å². The van der Waals surface area contributed by atoms with Crippen molar-refractivity contribution in [2.45, 2.75) is 18.9 Å². The number of fused-ring (bicyclic) bond motifs is 2. The number of nitrogens with one attached hydrogen (secondary N) is 2. The molecule has 0 unspecified atom stereocenters. The van der Waals surface area contributed by atoms with E-state index in [4.69, 9.17) is 15.9 Å². The maximum atomic E-state index is 12.8. The second kappa shape index (κ2) is 10.0. The highest BCUT2D eigenvalue weighted by Crippen LogP contribution is 2.21. The summed E-state index contributed by atoms with van der Waals surface area (Å²) in [5.74, 6) is -7.19. The number of primary amides is 1. The predicted molar refractivity (Wildman–Crippen MR) is 130 cm³/mol. The number of benzene rings is 2. The fourth-order valence-electron chi connectivity index (χ4n) is 3.99. The number of H-pyrrole nitrogens is 1. The monoisotopic (exact) mass is 522 g/mol. The third-order valence-electron chi connectivity index (χ3n) is 6.05. The Morgan fingerprint density at radius 2 is 1.61 bits per heavy atom. The Bertz CT molecular complexity index is 1610. The lowest BCUT2D eigenvalue weighted by Crippen LogP contribution is -2.44. The fraction of sp³-hybridized carbons (Fsp3) is 0.208. The number of carbonyl (C=O) groups is 5. The quantitative estimate of drug-likeness (QED) is 0.158. The summed E-state index contributed by atoms with van der Waals surface area (Å²) in [7, 11) is 1.73. The van der Waals surface area contributed by atoms with Crippen LogP contribution >= 0.6 is 0 Å². The molecule has 0 saturated heterocycles. The van der Waals surface area contributed by atoms with Gasteiger partial charge in [-0.1, -0.05) is 0 Å². The van der Waals surface area contributed by atoms with E-state index in [1.165, 1.54) is 12.1 Å². The van der Waals surface area contributed by atoms with Crippen molar-refractivity contribution in [3.8, 4) is 0 Å². The van der Waals surface area contributed by atoms with Gasteiger partial charge in [0.05, 0.1) is 28.5 Å². The number of hydrogen-bond acceptors (Lipinski definition) is 7. The molecule has 0 aliphatic heterocycles. The Labute approximate surface area is 213 Å². The van der Waals surface area contributed by atoms with Crippen LogP contribution in [0.5, 0.6) is 0 Å². The van der Waals surface area contributed by atoms with Crippen molar-refractivity contribution in [2.24, 2.45) is 18.7 Å². The number of nitrogens with zero attached hydrogens (tertiary/aromatic N) is 3. The molecule has 4 rings (SSSR count). The van der Waals surface area contributed by atoms with Gasteiger partial charge in [0.15, 0.2) is 5.92 Å². The van der Waals surface area contributed by atoms with E-state index in [1.54, 1.807) is 35.9 Å². The average Bonchev–Trinajstić information content (AvgIpc) is 3.40. The molecule has 0 spiro atoms. The lowest BCUT2D eigenvalue weighted by molar-refractivity contribution is -0.155. The third kappa shape index (κ3) is 5.13. The minimum atomic E-state index is -2.00. The average molecular weight is 522 g/mol. The largest absolute Gasteiger partial charge is 0.481 e. The first-order valence-electron chi connectivity index (χ1n) is 11.2. The number of nitrogens with two attached hydrogens (primary N) is 1. The normalized spacial score (nSPS) is 12.1. The van der Waals surface area contributed by atoms with Gasteiger partial charge in [-0.15, -0.1) is 0 Å². The SMILES string of the molecule is Cn1c(Cc2nc3ccc(C(N)=O)cc3[nH]2)nc2ccc(C(=O)N[C@@H](CC(C(=O)O)C(=O)O)C(=O)O)cc21. The molecule has 4 aromatic rings. The predicted octanol–water partition coefficient (Wildman–Crippen LogP) is 0.498. The van der Waals surface area contributed by atoms with E-state index in [0.29, 0.717) is 45.7 Å². The number of carbonyl (C=O) groups excluding carboxylic acids is 2. The van der Waals surface area contributed by atoms with Crippen molar-refractivity contribution >= 4 is 51.8 Å². The maximum absolute atomic E-state index is 12.8. The number of carboxylic acids is 3. The van der Waals surface area contributed by atoms with Gasteiger partial charge in [0, 0.05) is 24.6 Å². The van der Waals surface area contributed by atoms with Gasteiger partial charge in [-0.25, -0.2) is 14.8 Å². The first-order chi connectivity index (χ1) is 17.9. The smallest absolute Gasteiger partial charge is 0.326 e. The Morgan fingerprint density at radius 1 is 0.947 bits per heavy atom. The number of aromatic nitrogens is 4. The first kappa shape index (κ1) is 25.8. The van der Waals surface area contributed by atoms with E-state index >= 15 is 0 Å². The summed E-state index contributed by atoms with van der Waals surface area (Å²) >= 11 is 0. The topological polar surface area (TPSA) is 231 Å². The van der Waals surface area contributed by atoms with Crippen LogP contribution in [0.3, 0.4) is 0 Å². The number of hydrogen-bond donors (Lipinski definition) is 6. The highest BCUT2D eigenvalue weighted by atomic mass is 16.4. The molecular weight excluding hydrogens is 500 g/mol. The maximum Gasteiger partial charge on any atom is 0.326 e. The van der Waals surface area contributed by atoms with Crippen LogP contribution in [0.1, 0.15) is 38.8 Å². The third-order valence-corrected chi connectivity index (χ3v) is 6.05. The van der Waals surface area contributed by atoms with Crippen LogP contribution in [-0.2, 0) is 27.9 Å². The van der Waals surface area contributed by atoms with E-state index in [2.05, 4.69) is 20.3 Å². The number of imidazole rings is 2. The summed E-state index contributed by atoms with van der Waals surface area (Å²) in [4.78, 5) is 70.2. The molecule has 14 nitrogen and oxygen atoms in total. The number of rotatable bonds is 10. The molecule has 0 radical (unpaired) electrons. The second-order valence-corrected chi connectivity index (χ2v) is 8.58. The van der Waals surface area contributed by atoms with Crippen molar-refractivity contribution in [2.75, 3.05) is 0 Å². The van der Waals surface area contributed by atoms with Crippen molar-refractivity contribution in [3.63, 3.8) is 0 Å². The number of aromatic amines is 1. The Hall–Kier alpha value is -5.27. The highest BCUT2D eigenvalue weighted by molar-refractivity contribution is 6.00. The van der Waals surface area contributed by atoms with Crippen LogP contribution < -0.4 is 11.1 Å². The van der Waals surface area contributed by atoms with Gasteiger partial charge in [0.2, 0.25) is 5.91 Å². The molecule has 38 heavy (non-hydrogen) atoms. The molecule has 14 heteroatoms. The zero-order valence-corrected chi connectivity index (χ0v) is 19.8. The molecule has 2 heterocycles. The Morgan fingerprint density at radius 3 is 2.24 bits per heavy atom. The lowest BCUT2D eigenvalue weighted by Gasteiger charge is -2.17. The number of carboxylic acid groups (broad SMARTS) is 3.